The Labute approximate surface area is 132 Å². The molecule has 2 rings (SSSR count). The first-order valence-corrected chi connectivity index (χ1v) is 8.14. The van der Waals surface area contributed by atoms with E-state index in [1.165, 1.54) is 6.92 Å². The van der Waals surface area contributed by atoms with Gasteiger partial charge in [-0.05, 0) is 30.9 Å². The summed E-state index contributed by atoms with van der Waals surface area (Å²) in [7, 11) is 0. The predicted molar refractivity (Wildman–Crippen MR) is 87.6 cm³/mol. The topological polar surface area (TPSA) is 65.5 Å². The van der Waals surface area contributed by atoms with Crippen LogP contribution in [0.5, 0.6) is 0 Å². The van der Waals surface area contributed by atoms with Crippen LogP contribution in [0.15, 0.2) is 18.3 Å². The van der Waals surface area contributed by atoms with Gasteiger partial charge < -0.3 is 15.3 Å². The number of piperidine rings is 1. The summed E-state index contributed by atoms with van der Waals surface area (Å²) in [6.45, 7) is 6.30. The summed E-state index contributed by atoms with van der Waals surface area (Å²) in [6, 6.07) is 4.02. The van der Waals surface area contributed by atoms with Crippen molar-refractivity contribution in [2.75, 3.05) is 24.6 Å². The van der Waals surface area contributed by atoms with Crippen molar-refractivity contribution in [3.05, 3.63) is 23.9 Å². The maximum atomic E-state index is 10.9. The number of carbonyl (C=O) groups is 1. The highest BCUT2D eigenvalue weighted by Crippen LogP contribution is 2.35. The van der Waals surface area contributed by atoms with E-state index in [0.717, 1.165) is 50.2 Å². The van der Waals surface area contributed by atoms with Crippen LogP contribution in [0.3, 0.4) is 0 Å². The molecule has 0 aromatic carbocycles. The van der Waals surface area contributed by atoms with Gasteiger partial charge in [-0.2, -0.15) is 0 Å². The SMILES string of the molecule is CCCC1(CO)CCCN(c2ccc(CNC(C)=O)cn2)C1. The average molecular weight is 305 g/mol. The van der Waals surface area contributed by atoms with Gasteiger partial charge in [-0.1, -0.05) is 19.4 Å². The summed E-state index contributed by atoms with van der Waals surface area (Å²) in [5, 5.41) is 12.6. The highest BCUT2D eigenvalue weighted by Gasteiger charge is 2.34. The Hall–Kier alpha value is -1.62. The second kappa shape index (κ2) is 7.58. The summed E-state index contributed by atoms with van der Waals surface area (Å²) >= 11 is 0. The third-order valence-corrected chi connectivity index (χ3v) is 4.45. The van der Waals surface area contributed by atoms with E-state index in [4.69, 9.17) is 0 Å². The molecule has 2 heterocycles. The molecule has 1 aromatic heterocycles. The van der Waals surface area contributed by atoms with Gasteiger partial charge in [-0.25, -0.2) is 4.98 Å². The molecule has 0 radical (unpaired) electrons. The maximum Gasteiger partial charge on any atom is 0.217 e. The highest BCUT2D eigenvalue weighted by atomic mass is 16.3. The van der Waals surface area contributed by atoms with Gasteiger partial charge in [0, 0.05) is 38.2 Å². The smallest absolute Gasteiger partial charge is 0.217 e. The molecule has 1 aliphatic heterocycles. The van der Waals surface area contributed by atoms with Crippen molar-refractivity contribution in [2.24, 2.45) is 5.41 Å². The van der Waals surface area contributed by atoms with E-state index in [1.807, 2.05) is 18.3 Å². The molecule has 1 fully saturated rings. The zero-order valence-corrected chi connectivity index (χ0v) is 13.6. The number of nitrogens with zero attached hydrogens (tertiary/aromatic N) is 2. The molecule has 0 bridgehead atoms. The van der Waals surface area contributed by atoms with Crippen molar-refractivity contribution < 1.29 is 9.90 Å². The van der Waals surface area contributed by atoms with Crippen molar-refractivity contribution in [1.82, 2.24) is 10.3 Å². The van der Waals surface area contributed by atoms with E-state index >= 15 is 0 Å². The van der Waals surface area contributed by atoms with Crippen LogP contribution in [0.4, 0.5) is 5.82 Å². The number of nitrogens with one attached hydrogen (secondary N) is 1. The molecule has 1 atom stereocenters. The molecular weight excluding hydrogens is 278 g/mol. The largest absolute Gasteiger partial charge is 0.396 e. The number of carbonyl (C=O) groups excluding carboxylic acids is 1. The van der Waals surface area contributed by atoms with Crippen LogP contribution < -0.4 is 10.2 Å². The minimum absolute atomic E-state index is 0.0174. The lowest BCUT2D eigenvalue weighted by molar-refractivity contribution is -0.119. The van der Waals surface area contributed by atoms with Gasteiger partial charge in [0.05, 0.1) is 6.61 Å². The molecule has 0 aliphatic carbocycles. The summed E-state index contributed by atoms with van der Waals surface area (Å²) in [4.78, 5) is 17.7. The number of rotatable bonds is 6. The second-order valence-electron chi connectivity index (χ2n) is 6.37. The van der Waals surface area contributed by atoms with Crippen molar-refractivity contribution in [2.45, 2.75) is 46.1 Å². The molecule has 2 N–H and O–H groups in total. The molecule has 1 aliphatic rings. The molecule has 1 unspecified atom stereocenters. The van der Waals surface area contributed by atoms with Gasteiger partial charge >= 0.3 is 0 Å². The highest BCUT2D eigenvalue weighted by molar-refractivity contribution is 5.72. The first kappa shape index (κ1) is 16.7. The van der Waals surface area contributed by atoms with Crippen molar-refractivity contribution >= 4 is 11.7 Å². The molecule has 1 aromatic rings. The third kappa shape index (κ3) is 4.19. The molecule has 0 spiro atoms. The number of amides is 1. The Bertz CT molecular complexity index is 485. The number of aliphatic hydroxyl groups is 1. The molecule has 1 amide bonds. The van der Waals surface area contributed by atoms with E-state index < -0.39 is 0 Å². The fourth-order valence-electron chi connectivity index (χ4n) is 3.28. The first-order valence-electron chi connectivity index (χ1n) is 8.14. The van der Waals surface area contributed by atoms with Crippen LogP contribution in [0, 0.1) is 5.41 Å². The van der Waals surface area contributed by atoms with E-state index in [0.29, 0.717) is 6.54 Å². The van der Waals surface area contributed by atoms with Crippen molar-refractivity contribution in [3.63, 3.8) is 0 Å². The standard InChI is InChI=1S/C17H27N3O2/c1-3-7-17(13-21)8-4-9-20(12-17)16-6-5-15(11-19-16)10-18-14(2)22/h5-6,11,21H,3-4,7-10,12-13H2,1-2H3,(H,18,22). The first-order chi connectivity index (χ1) is 10.6. The van der Waals surface area contributed by atoms with Gasteiger partial charge in [-0.3, -0.25) is 4.79 Å². The number of anilines is 1. The molecule has 5 heteroatoms. The molecular formula is C17H27N3O2. The Kier molecular flexibility index (Phi) is 5.77. The fraction of sp³-hybridized carbons (Fsp3) is 0.647. The van der Waals surface area contributed by atoms with Gasteiger partial charge in [-0.15, -0.1) is 0 Å². The molecule has 0 saturated carbocycles. The molecule has 22 heavy (non-hydrogen) atoms. The minimum Gasteiger partial charge on any atom is -0.396 e. The maximum absolute atomic E-state index is 10.9. The summed E-state index contributed by atoms with van der Waals surface area (Å²) < 4.78 is 0. The van der Waals surface area contributed by atoms with Crippen LogP contribution in [0.2, 0.25) is 0 Å². The lowest BCUT2D eigenvalue weighted by Gasteiger charge is -2.42. The summed E-state index contributed by atoms with van der Waals surface area (Å²) in [5.41, 5.74) is 1.02. The van der Waals surface area contributed by atoms with Crippen molar-refractivity contribution in [3.8, 4) is 0 Å². The number of aromatic nitrogens is 1. The van der Waals surface area contributed by atoms with Gasteiger partial charge in [0.2, 0.25) is 5.91 Å². The molecule has 1 saturated heterocycles. The number of pyridine rings is 1. The number of hydrogen-bond donors (Lipinski definition) is 2. The van der Waals surface area contributed by atoms with Crippen LogP contribution >= 0.6 is 0 Å². The second-order valence-corrected chi connectivity index (χ2v) is 6.37. The fourth-order valence-corrected chi connectivity index (χ4v) is 3.28. The molecule has 5 nitrogen and oxygen atoms in total. The zero-order chi connectivity index (χ0) is 16.0. The Balaban J connectivity index is 2.02. The monoisotopic (exact) mass is 305 g/mol. The average Bonchev–Trinajstić information content (AvgIpc) is 2.54. The lowest BCUT2D eigenvalue weighted by atomic mass is 9.77. The number of hydrogen-bond acceptors (Lipinski definition) is 4. The number of aliphatic hydroxyl groups excluding tert-OH is 1. The van der Waals surface area contributed by atoms with Crippen molar-refractivity contribution in [1.29, 1.82) is 0 Å². The van der Waals surface area contributed by atoms with Crippen LogP contribution in [0.25, 0.3) is 0 Å². The minimum atomic E-state index is -0.0348. The van der Waals surface area contributed by atoms with Crippen LogP contribution in [-0.2, 0) is 11.3 Å². The quantitative estimate of drug-likeness (QED) is 0.845. The van der Waals surface area contributed by atoms with Crippen LogP contribution in [-0.4, -0.2) is 35.7 Å². The van der Waals surface area contributed by atoms with E-state index in [2.05, 4.69) is 22.1 Å². The molecule has 122 valence electrons. The van der Waals surface area contributed by atoms with Gasteiger partial charge in [0.1, 0.15) is 5.82 Å². The third-order valence-electron chi connectivity index (χ3n) is 4.45. The zero-order valence-electron chi connectivity index (χ0n) is 13.6. The van der Waals surface area contributed by atoms with E-state index in [1.54, 1.807) is 0 Å². The Morgan fingerprint density at radius 1 is 1.50 bits per heavy atom. The Morgan fingerprint density at radius 2 is 2.32 bits per heavy atom. The predicted octanol–water partition coefficient (Wildman–Crippen LogP) is 2.10. The Morgan fingerprint density at radius 3 is 2.91 bits per heavy atom. The lowest BCUT2D eigenvalue weighted by Crippen LogP contribution is -2.45. The summed E-state index contributed by atoms with van der Waals surface area (Å²) in [5.74, 6) is 0.924. The van der Waals surface area contributed by atoms with Gasteiger partial charge in [0.15, 0.2) is 0 Å². The normalized spacial score (nSPS) is 21.7. The van der Waals surface area contributed by atoms with Crippen LogP contribution in [0.1, 0.15) is 45.1 Å². The van der Waals surface area contributed by atoms with E-state index in [9.17, 15) is 9.90 Å². The van der Waals surface area contributed by atoms with Gasteiger partial charge in [0.25, 0.3) is 0 Å². The summed E-state index contributed by atoms with van der Waals surface area (Å²) in [6.07, 6.45) is 6.16. The van der Waals surface area contributed by atoms with E-state index in [-0.39, 0.29) is 17.9 Å².